The molecule has 1 aromatic rings. The number of imide groups is 1. The number of aryl methyl sites for hydroxylation is 1. The van der Waals surface area contributed by atoms with Gasteiger partial charge >= 0.3 is 0 Å². The number of allylic oxidation sites excluding steroid dienone is 2. The van der Waals surface area contributed by atoms with Crippen LogP contribution in [0, 0.1) is 42.4 Å². The SMILES string of the molecule is CC(=O)N(CN1C(=O)[C@@H]2[C@H]3C=C[C@@H]([C@@H]4C[C@H]34)[C@H]2C1=O)c1cccc(C)c1. The molecule has 134 valence electrons. The van der Waals surface area contributed by atoms with Gasteiger partial charge in [-0.25, -0.2) is 0 Å². The van der Waals surface area contributed by atoms with Crippen molar-refractivity contribution in [2.75, 3.05) is 11.6 Å². The molecule has 26 heavy (non-hydrogen) atoms. The second kappa shape index (κ2) is 5.29. The topological polar surface area (TPSA) is 57.7 Å². The Labute approximate surface area is 152 Å². The van der Waals surface area contributed by atoms with Crippen LogP contribution in [0.5, 0.6) is 0 Å². The molecule has 1 saturated heterocycles. The molecule has 0 radical (unpaired) electrons. The van der Waals surface area contributed by atoms with Gasteiger partial charge in [-0.05, 0) is 54.7 Å². The van der Waals surface area contributed by atoms with Gasteiger partial charge in [0.05, 0.1) is 11.8 Å². The Morgan fingerprint density at radius 2 is 1.73 bits per heavy atom. The van der Waals surface area contributed by atoms with E-state index in [0.29, 0.717) is 11.8 Å². The number of hydrogen-bond donors (Lipinski definition) is 0. The normalized spacial score (nSPS) is 36.2. The highest BCUT2D eigenvalue weighted by Gasteiger charge is 2.67. The summed E-state index contributed by atoms with van der Waals surface area (Å²) in [7, 11) is 0. The van der Waals surface area contributed by atoms with Gasteiger partial charge in [0.2, 0.25) is 17.7 Å². The van der Waals surface area contributed by atoms with Crippen LogP contribution in [0.25, 0.3) is 0 Å². The van der Waals surface area contributed by atoms with Gasteiger partial charge in [0.25, 0.3) is 0 Å². The minimum Gasteiger partial charge on any atom is -0.294 e. The Balaban J connectivity index is 1.45. The lowest BCUT2D eigenvalue weighted by atomic mass is 9.63. The van der Waals surface area contributed by atoms with Crippen molar-refractivity contribution in [3.05, 3.63) is 42.0 Å². The predicted octanol–water partition coefficient (Wildman–Crippen LogP) is 2.36. The molecule has 0 unspecified atom stereocenters. The number of carbonyl (C=O) groups is 3. The van der Waals surface area contributed by atoms with Crippen LogP contribution in [0.3, 0.4) is 0 Å². The van der Waals surface area contributed by atoms with Crippen molar-refractivity contribution in [2.24, 2.45) is 35.5 Å². The van der Waals surface area contributed by atoms with E-state index in [1.807, 2.05) is 31.2 Å². The van der Waals surface area contributed by atoms with E-state index in [-0.39, 0.29) is 48.1 Å². The molecule has 1 aliphatic heterocycles. The highest BCUT2D eigenvalue weighted by Crippen LogP contribution is 2.65. The molecule has 0 aromatic heterocycles. The summed E-state index contributed by atoms with van der Waals surface area (Å²) in [6, 6.07) is 7.58. The zero-order valence-electron chi connectivity index (χ0n) is 15.0. The molecule has 6 rings (SSSR count). The number of carbonyl (C=O) groups excluding carboxylic acids is 3. The van der Waals surface area contributed by atoms with Gasteiger partial charge in [0.1, 0.15) is 6.67 Å². The fraction of sp³-hybridized carbons (Fsp3) is 0.476. The van der Waals surface area contributed by atoms with E-state index in [4.69, 9.17) is 0 Å². The summed E-state index contributed by atoms with van der Waals surface area (Å²) in [4.78, 5) is 41.3. The average Bonchev–Trinajstić information content (AvgIpc) is 3.39. The second-order valence-electron chi connectivity index (χ2n) is 8.19. The molecular weight excluding hydrogens is 328 g/mol. The number of rotatable bonds is 3. The van der Waals surface area contributed by atoms with Crippen LogP contribution in [-0.2, 0) is 14.4 Å². The second-order valence-corrected chi connectivity index (χ2v) is 8.19. The average molecular weight is 350 g/mol. The molecule has 4 aliphatic carbocycles. The summed E-state index contributed by atoms with van der Waals surface area (Å²) < 4.78 is 0. The van der Waals surface area contributed by atoms with Crippen molar-refractivity contribution in [1.29, 1.82) is 0 Å². The highest BCUT2D eigenvalue weighted by atomic mass is 16.2. The van der Waals surface area contributed by atoms with E-state index in [1.165, 1.54) is 16.7 Å². The van der Waals surface area contributed by atoms with Crippen LogP contribution in [0.4, 0.5) is 5.69 Å². The Morgan fingerprint density at radius 3 is 2.27 bits per heavy atom. The molecule has 5 heteroatoms. The third kappa shape index (κ3) is 2.06. The van der Waals surface area contributed by atoms with E-state index in [9.17, 15) is 14.4 Å². The number of nitrogens with zero attached hydrogens (tertiary/aromatic N) is 2. The zero-order valence-corrected chi connectivity index (χ0v) is 15.0. The lowest BCUT2D eigenvalue weighted by Gasteiger charge is -2.37. The first-order valence-electron chi connectivity index (χ1n) is 9.35. The first-order valence-corrected chi connectivity index (χ1v) is 9.35. The van der Waals surface area contributed by atoms with Gasteiger partial charge in [0.15, 0.2) is 0 Å². The van der Waals surface area contributed by atoms with Gasteiger partial charge in [-0.3, -0.25) is 24.2 Å². The summed E-state index contributed by atoms with van der Waals surface area (Å²) in [5.41, 5.74) is 1.75. The number of amides is 3. The van der Waals surface area contributed by atoms with Crippen molar-refractivity contribution in [1.82, 2.24) is 4.90 Å². The number of hydrogen-bond acceptors (Lipinski definition) is 3. The summed E-state index contributed by atoms with van der Waals surface area (Å²) in [6.45, 7) is 3.44. The lowest BCUT2D eigenvalue weighted by molar-refractivity contribution is -0.140. The molecule has 5 nitrogen and oxygen atoms in total. The van der Waals surface area contributed by atoms with Crippen LogP contribution in [0.2, 0.25) is 0 Å². The quantitative estimate of drug-likeness (QED) is 0.621. The molecular formula is C21H22N2O3. The smallest absolute Gasteiger partial charge is 0.235 e. The van der Waals surface area contributed by atoms with Gasteiger partial charge in [-0.2, -0.15) is 0 Å². The molecule has 5 aliphatic rings. The molecule has 0 N–H and O–H groups in total. The van der Waals surface area contributed by atoms with Gasteiger partial charge in [-0.15, -0.1) is 0 Å². The Morgan fingerprint density at radius 1 is 1.12 bits per heavy atom. The number of likely N-dealkylation sites (tertiary alicyclic amines) is 1. The van der Waals surface area contributed by atoms with Crippen LogP contribution >= 0.6 is 0 Å². The van der Waals surface area contributed by atoms with Crippen molar-refractivity contribution >= 4 is 23.4 Å². The standard InChI is InChI=1S/C21H22N2O3/c1-11-4-3-5-13(8-11)22(12(2)24)10-23-20(25)18-14-6-7-15(17-9-16(14)17)19(18)21(23)26/h3-8,14-19H,9-10H2,1-2H3/t14-,15-,16-,17+,18+,19+/m0/s1. The minimum absolute atomic E-state index is 0.0121. The van der Waals surface area contributed by atoms with Crippen molar-refractivity contribution in [3.8, 4) is 0 Å². The fourth-order valence-electron chi connectivity index (χ4n) is 5.46. The third-order valence-electron chi connectivity index (χ3n) is 6.73. The van der Waals surface area contributed by atoms with Crippen LogP contribution in [0.1, 0.15) is 18.9 Å². The van der Waals surface area contributed by atoms with Crippen LogP contribution in [0.15, 0.2) is 36.4 Å². The molecule has 2 bridgehead atoms. The van der Waals surface area contributed by atoms with Crippen LogP contribution in [-0.4, -0.2) is 29.3 Å². The van der Waals surface area contributed by atoms with Crippen molar-refractivity contribution < 1.29 is 14.4 Å². The van der Waals surface area contributed by atoms with Gasteiger partial charge < -0.3 is 0 Å². The number of benzene rings is 1. The predicted molar refractivity (Wildman–Crippen MR) is 95.8 cm³/mol. The highest BCUT2D eigenvalue weighted by molar-refractivity contribution is 6.07. The number of anilines is 1. The maximum absolute atomic E-state index is 13.1. The molecule has 0 spiro atoms. The van der Waals surface area contributed by atoms with E-state index >= 15 is 0 Å². The Bertz CT molecular complexity index is 825. The van der Waals surface area contributed by atoms with Gasteiger partial charge in [0, 0.05) is 12.6 Å². The maximum atomic E-state index is 13.1. The summed E-state index contributed by atoms with van der Waals surface area (Å²) in [5.74, 6) is 0.803. The molecule has 3 fully saturated rings. The summed E-state index contributed by atoms with van der Waals surface area (Å²) in [6.07, 6.45) is 5.48. The van der Waals surface area contributed by atoms with E-state index in [1.54, 1.807) is 0 Å². The summed E-state index contributed by atoms with van der Waals surface area (Å²) in [5, 5.41) is 0. The van der Waals surface area contributed by atoms with E-state index in [0.717, 1.165) is 17.7 Å². The summed E-state index contributed by atoms with van der Waals surface area (Å²) >= 11 is 0. The lowest BCUT2D eigenvalue weighted by Crippen LogP contribution is -2.44. The molecule has 1 heterocycles. The molecule has 1 aromatic carbocycles. The first kappa shape index (κ1) is 15.8. The van der Waals surface area contributed by atoms with Crippen molar-refractivity contribution in [3.63, 3.8) is 0 Å². The minimum atomic E-state index is -0.215. The molecule has 3 amide bonds. The molecule has 6 atom stereocenters. The monoisotopic (exact) mass is 350 g/mol. The van der Waals surface area contributed by atoms with Gasteiger partial charge in [-0.1, -0.05) is 24.3 Å². The Hall–Kier alpha value is -2.43. The van der Waals surface area contributed by atoms with Crippen LogP contribution < -0.4 is 4.90 Å². The zero-order chi connectivity index (χ0) is 18.2. The van der Waals surface area contributed by atoms with E-state index < -0.39 is 0 Å². The molecule has 2 saturated carbocycles. The fourth-order valence-corrected chi connectivity index (χ4v) is 5.46. The third-order valence-corrected chi connectivity index (χ3v) is 6.73. The largest absolute Gasteiger partial charge is 0.294 e. The first-order chi connectivity index (χ1) is 12.5. The maximum Gasteiger partial charge on any atom is 0.235 e. The van der Waals surface area contributed by atoms with Crippen molar-refractivity contribution in [2.45, 2.75) is 20.3 Å². The Kier molecular flexibility index (Phi) is 3.21. The van der Waals surface area contributed by atoms with E-state index in [2.05, 4.69) is 12.2 Å².